The smallest absolute Gasteiger partial charge is 0.264 e. The number of rotatable bonds is 14. The third kappa shape index (κ3) is 8.18. The fraction of sp³-hybridized carbons (Fsp3) is 0.355. The Labute approximate surface area is 258 Å². The maximum atomic E-state index is 14.2. The summed E-state index contributed by atoms with van der Waals surface area (Å²) in [5, 5.41) is 3.61. The second kappa shape index (κ2) is 15.3. The molecule has 0 spiro atoms. The lowest BCUT2D eigenvalue weighted by Gasteiger charge is -2.34. The number of carbonyl (C=O) groups excluding carboxylic acids is 2. The number of hydrogen-bond donors (Lipinski definition) is 1. The van der Waals surface area contributed by atoms with E-state index in [2.05, 4.69) is 5.32 Å². The van der Waals surface area contributed by atoms with Gasteiger partial charge in [-0.2, -0.15) is 0 Å². The van der Waals surface area contributed by atoms with Crippen LogP contribution in [0.1, 0.15) is 46.1 Å². The molecule has 0 saturated heterocycles. The van der Waals surface area contributed by atoms with Crippen LogP contribution in [-0.4, -0.2) is 50.4 Å². The molecule has 42 heavy (non-hydrogen) atoms. The first-order valence-electron chi connectivity index (χ1n) is 13.9. The van der Waals surface area contributed by atoms with Gasteiger partial charge in [0.25, 0.3) is 10.0 Å². The SMILES string of the molecule is CCOc1ccc(N(CC(=O)N(Cc2c(Cl)cccc2Cl)C(CC)C(=O)NC(C)CC)S(=O)(=O)c2ccccc2)cc1. The Kier molecular flexibility index (Phi) is 12.1. The highest BCUT2D eigenvalue weighted by molar-refractivity contribution is 7.92. The van der Waals surface area contributed by atoms with Crippen molar-refractivity contribution in [1.82, 2.24) is 10.2 Å². The number of anilines is 1. The lowest BCUT2D eigenvalue weighted by Crippen LogP contribution is -2.53. The van der Waals surface area contributed by atoms with Gasteiger partial charge in [0.1, 0.15) is 18.3 Å². The first kappa shape index (κ1) is 33.2. The van der Waals surface area contributed by atoms with Crippen molar-refractivity contribution < 1.29 is 22.7 Å². The van der Waals surface area contributed by atoms with E-state index in [1.54, 1.807) is 67.6 Å². The highest BCUT2D eigenvalue weighted by atomic mass is 35.5. The standard InChI is InChI=1S/C31H37Cl2N3O5S/c1-5-22(4)34-31(38)29(6-2)35(20-26-27(32)14-11-15-28(26)33)30(37)21-36(23-16-18-24(19-17-23)41-7-3)42(39,40)25-12-9-8-10-13-25/h8-19,22,29H,5-7,20-21H2,1-4H3,(H,34,38). The lowest BCUT2D eigenvalue weighted by molar-refractivity contribution is -0.140. The molecule has 3 rings (SSSR count). The summed E-state index contributed by atoms with van der Waals surface area (Å²) >= 11 is 12.9. The first-order chi connectivity index (χ1) is 20.0. The molecule has 2 amide bonds. The zero-order valence-corrected chi connectivity index (χ0v) is 26.5. The van der Waals surface area contributed by atoms with Crippen LogP contribution in [0.15, 0.2) is 77.7 Å². The molecule has 1 N–H and O–H groups in total. The molecule has 0 aliphatic carbocycles. The van der Waals surface area contributed by atoms with E-state index in [1.165, 1.54) is 17.0 Å². The third-order valence-corrected chi connectivity index (χ3v) is 9.32. The van der Waals surface area contributed by atoms with Crippen molar-refractivity contribution in [2.75, 3.05) is 17.5 Å². The minimum absolute atomic E-state index is 0.0222. The maximum Gasteiger partial charge on any atom is 0.264 e. The Balaban J connectivity index is 2.09. The van der Waals surface area contributed by atoms with Gasteiger partial charge in [-0.25, -0.2) is 8.42 Å². The van der Waals surface area contributed by atoms with Crippen LogP contribution in [0.2, 0.25) is 10.0 Å². The molecular weight excluding hydrogens is 597 g/mol. The Hall–Kier alpha value is -3.27. The second-order valence-electron chi connectivity index (χ2n) is 9.72. The Morgan fingerprint density at radius 1 is 0.881 bits per heavy atom. The molecule has 0 aromatic heterocycles. The quantitative estimate of drug-likeness (QED) is 0.224. The molecule has 0 aliphatic heterocycles. The molecule has 2 atom stereocenters. The zero-order valence-electron chi connectivity index (χ0n) is 24.2. The third-order valence-electron chi connectivity index (χ3n) is 6.82. The molecule has 0 saturated carbocycles. The van der Waals surface area contributed by atoms with Crippen LogP contribution in [-0.2, 0) is 26.2 Å². The average Bonchev–Trinajstić information content (AvgIpc) is 2.98. The Morgan fingerprint density at radius 3 is 2.05 bits per heavy atom. The number of hydrogen-bond acceptors (Lipinski definition) is 5. The normalized spacial score (nSPS) is 12.7. The molecule has 3 aromatic rings. The number of halogens is 2. The highest BCUT2D eigenvalue weighted by Gasteiger charge is 2.34. The molecule has 0 aliphatic rings. The van der Waals surface area contributed by atoms with Gasteiger partial charge in [-0.15, -0.1) is 0 Å². The molecule has 0 heterocycles. The molecule has 0 fully saturated rings. The monoisotopic (exact) mass is 633 g/mol. The molecule has 2 unspecified atom stereocenters. The van der Waals surface area contributed by atoms with Crippen molar-refractivity contribution in [3.05, 3.63) is 88.4 Å². The molecular formula is C31H37Cl2N3O5S. The number of nitrogens with one attached hydrogen (secondary N) is 1. The largest absolute Gasteiger partial charge is 0.494 e. The van der Waals surface area contributed by atoms with E-state index in [-0.39, 0.29) is 35.5 Å². The highest BCUT2D eigenvalue weighted by Crippen LogP contribution is 2.29. The topological polar surface area (TPSA) is 96.0 Å². The van der Waals surface area contributed by atoms with E-state index in [1.807, 2.05) is 20.8 Å². The first-order valence-corrected chi connectivity index (χ1v) is 16.1. The van der Waals surface area contributed by atoms with Crippen molar-refractivity contribution in [3.8, 4) is 5.75 Å². The van der Waals surface area contributed by atoms with Crippen LogP contribution in [0.4, 0.5) is 5.69 Å². The molecule has 8 nitrogen and oxygen atoms in total. The van der Waals surface area contributed by atoms with Gasteiger partial charge < -0.3 is 15.0 Å². The Morgan fingerprint density at radius 2 is 1.50 bits per heavy atom. The fourth-order valence-corrected chi connectivity index (χ4v) is 6.29. The van der Waals surface area contributed by atoms with Crippen LogP contribution in [0, 0.1) is 0 Å². The summed E-state index contributed by atoms with van der Waals surface area (Å²) in [5.41, 5.74) is 0.728. The van der Waals surface area contributed by atoms with Gasteiger partial charge in [0.15, 0.2) is 0 Å². The summed E-state index contributed by atoms with van der Waals surface area (Å²) in [6.45, 7) is 7.25. The summed E-state index contributed by atoms with van der Waals surface area (Å²) in [4.78, 5) is 29.0. The van der Waals surface area contributed by atoms with Gasteiger partial charge in [0.2, 0.25) is 11.8 Å². The lowest BCUT2D eigenvalue weighted by atomic mass is 10.1. The predicted octanol–water partition coefficient (Wildman–Crippen LogP) is 6.31. The summed E-state index contributed by atoms with van der Waals surface area (Å²) in [6.07, 6.45) is 0.984. The summed E-state index contributed by atoms with van der Waals surface area (Å²) in [7, 11) is -4.18. The summed E-state index contributed by atoms with van der Waals surface area (Å²) in [5.74, 6) is -0.375. The second-order valence-corrected chi connectivity index (χ2v) is 12.4. The zero-order chi connectivity index (χ0) is 30.9. The van der Waals surface area contributed by atoms with E-state index in [4.69, 9.17) is 27.9 Å². The van der Waals surface area contributed by atoms with Crippen LogP contribution in [0.25, 0.3) is 0 Å². The average molecular weight is 635 g/mol. The predicted molar refractivity (Wildman–Crippen MR) is 168 cm³/mol. The van der Waals surface area contributed by atoms with E-state index in [9.17, 15) is 18.0 Å². The van der Waals surface area contributed by atoms with E-state index in [0.29, 0.717) is 34.4 Å². The van der Waals surface area contributed by atoms with Crippen LogP contribution in [0.5, 0.6) is 5.75 Å². The van der Waals surface area contributed by atoms with Crippen LogP contribution in [0.3, 0.4) is 0 Å². The number of benzene rings is 3. The molecule has 0 bridgehead atoms. The van der Waals surface area contributed by atoms with Crippen molar-refractivity contribution >= 4 is 50.7 Å². The van der Waals surface area contributed by atoms with Gasteiger partial charge in [-0.05, 0) is 75.2 Å². The van der Waals surface area contributed by atoms with Gasteiger partial charge in [-0.3, -0.25) is 13.9 Å². The number of sulfonamides is 1. The summed E-state index contributed by atoms with van der Waals surface area (Å²) < 4.78 is 34.4. The summed E-state index contributed by atoms with van der Waals surface area (Å²) in [6, 6.07) is 18.3. The minimum Gasteiger partial charge on any atom is -0.494 e. The van der Waals surface area contributed by atoms with Gasteiger partial charge in [-0.1, -0.05) is 61.3 Å². The number of nitrogens with zero attached hydrogens (tertiary/aromatic N) is 2. The molecule has 0 radical (unpaired) electrons. The van der Waals surface area contributed by atoms with Crippen molar-refractivity contribution in [1.29, 1.82) is 0 Å². The maximum absolute atomic E-state index is 14.2. The van der Waals surface area contributed by atoms with Gasteiger partial charge in [0, 0.05) is 28.2 Å². The van der Waals surface area contributed by atoms with Gasteiger partial charge in [0.05, 0.1) is 17.2 Å². The van der Waals surface area contributed by atoms with Crippen LogP contribution >= 0.6 is 23.2 Å². The van der Waals surface area contributed by atoms with E-state index >= 15 is 0 Å². The van der Waals surface area contributed by atoms with Gasteiger partial charge >= 0.3 is 0 Å². The number of ether oxygens (including phenoxy) is 1. The van der Waals surface area contributed by atoms with Crippen LogP contribution < -0.4 is 14.4 Å². The van der Waals surface area contributed by atoms with Crippen molar-refractivity contribution in [3.63, 3.8) is 0 Å². The minimum atomic E-state index is -4.18. The molecule has 226 valence electrons. The number of carbonyl (C=O) groups is 2. The van der Waals surface area contributed by atoms with Crippen molar-refractivity contribution in [2.45, 2.75) is 64.1 Å². The fourth-order valence-electron chi connectivity index (χ4n) is 4.34. The Bertz CT molecular complexity index is 1430. The molecule has 3 aromatic carbocycles. The van der Waals surface area contributed by atoms with E-state index in [0.717, 1.165) is 4.31 Å². The van der Waals surface area contributed by atoms with Crippen molar-refractivity contribution in [2.24, 2.45) is 0 Å². The number of amides is 2. The van der Waals surface area contributed by atoms with E-state index < -0.39 is 28.5 Å². The molecule has 11 heteroatoms.